The number of carbonyl (C=O) groups is 1. The lowest BCUT2D eigenvalue weighted by Crippen LogP contribution is -2.53. The summed E-state index contributed by atoms with van der Waals surface area (Å²) < 4.78 is 5.40. The lowest BCUT2D eigenvalue weighted by molar-refractivity contribution is -0.167. The molecule has 136 valence electrons. The molecule has 0 aliphatic heterocycles. The number of hydrogen-bond donors (Lipinski definition) is 0. The first-order valence-corrected chi connectivity index (χ1v) is 9.84. The third-order valence-corrected chi connectivity index (χ3v) is 7.33. The zero-order chi connectivity index (χ0) is 18.2. The van der Waals surface area contributed by atoms with Crippen molar-refractivity contribution in [1.29, 1.82) is 0 Å². The molecule has 1 saturated carbocycles. The van der Waals surface area contributed by atoms with Crippen LogP contribution in [0.25, 0.3) is 0 Å². The summed E-state index contributed by atoms with van der Waals surface area (Å²) >= 11 is 0. The van der Waals surface area contributed by atoms with Gasteiger partial charge < -0.3 is 4.74 Å². The van der Waals surface area contributed by atoms with E-state index in [2.05, 4.69) is 45.8 Å². The van der Waals surface area contributed by atoms with Gasteiger partial charge in [-0.1, -0.05) is 50.8 Å². The van der Waals surface area contributed by atoms with Gasteiger partial charge in [0.1, 0.15) is 0 Å². The van der Waals surface area contributed by atoms with E-state index in [1.54, 1.807) is 5.57 Å². The molecular weight excluding hydrogens is 308 g/mol. The highest BCUT2D eigenvalue weighted by Gasteiger charge is 2.57. The van der Waals surface area contributed by atoms with Gasteiger partial charge in [0.2, 0.25) is 0 Å². The number of esters is 1. The molecule has 0 radical (unpaired) electrons. The quantitative estimate of drug-likeness (QED) is 0.515. The van der Waals surface area contributed by atoms with E-state index in [9.17, 15) is 4.79 Å². The van der Waals surface area contributed by atoms with Gasteiger partial charge in [0.05, 0.1) is 5.41 Å². The molecular formula is C23H32O2. The van der Waals surface area contributed by atoms with Crippen LogP contribution in [0.2, 0.25) is 0 Å². The Kier molecular flexibility index (Phi) is 4.89. The van der Waals surface area contributed by atoms with Crippen molar-refractivity contribution >= 4 is 5.97 Å². The van der Waals surface area contributed by atoms with Gasteiger partial charge in [-0.15, -0.1) is 6.42 Å². The van der Waals surface area contributed by atoms with Crippen LogP contribution >= 0.6 is 0 Å². The molecule has 0 heterocycles. The first-order valence-electron chi connectivity index (χ1n) is 9.84. The standard InChI is InChI=1S/C23H32O2/c1-6-14-25-21(24)23(5)13-7-12-22(4)19-10-8-17(16(2)3)15-18(19)9-11-20(22)23/h1,9,15-16,19-20H,7-8,10-14H2,2-5H3. The molecule has 0 spiro atoms. The minimum atomic E-state index is -0.409. The maximum absolute atomic E-state index is 12.8. The number of terminal acetylenes is 1. The van der Waals surface area contributed by atoms with E-state index in [1.165, 1.54) is 24.8 Å². The van der Waals surface area contributed by atoms with Crippen molar-refractivity contribution in [2.24, 2.45) is 28.6 Å². The smallest absolute Gasteiger partial charge is 0.313 e. The molecule has 0 saturated heterocycles. The summed E-state index contributed by atoms with van der Waals surface area (Å²) in [5.41, 5.74) is 2.88. The molecule has 2 nitrogen and oxygen atoms in total. The number of carbonyl (C=O) groups excluding carboxylic acids is 1. The van der Waals surface area contributed by atoms with Gasteiger partial charge in [-0.2, -0.15) is 0 Å². The van der Waals surface area contributed by atoms with E-state index in [0.29, 0.717) is 17.8 Å². The van der Waals surface area contributed by atoms with Gasteiger partial charge in [-0.3, -0.25) is 4.79 Å². The predicted octanol–water partition coefficient (Wildman–Crippen LogP) is 5.30. The Morgan fingerprint density at radius 3 is 2.84 bits per heavy atom. The van der Waals surface area contributed by atoms with E-state index in [0.717, 1.165) is 19.3 Å². The average molecular weight is 341 g/mol. The Hall–Kier alpha value is -1.49. The highest BCUT2D eigenvalue weighted by atomic mass is 16.5. The molecule has 0 aromatic heterocycles. The Bertz CT molecular complexity index is 647. The molecule has 3 rings (SSSR count). The van der Waals surface area contributed by atoms with E-state index < -0.39 is 5.41 Å². The second kappa shape index (κ2) is 6.67. The topological polar surface area (TPSA) is 26.3 Å². The zero-order valence-corrected chi connectivity index (χ0v) is 16.2. The van der Waals surface area contributed by atoms with E-state index in [4.69, 9.17) is 11.2 Å². The zero-order valence-electron chi connectivity index (χ0n) is 16.2. The second-order valence-electron chi connectivity index (χ2n) is 9.01. The molecule has 4 atom stereocenters. The third kappa shape index (κ3) is 2.97. The van der Waals surface area contributed by atoms with Crippen molar-refractivity contribution in [2.75, 3.05) is 6.61 Å². The fourth-order valence-corrected chi connectivity index (χ4v) is 5.86. The van der Waals surface area contributed by atoms with Crippen LogP contribution in [-0.2, 0) is 9.53 Å². The van der Waals surface area contributed by atoms with Crippen LogP contribution in [-0.4, -0.2) is 12.6 Å². The van der Waals surface area contributed by atoms with Crippen LogP contribution in [0.5, 0.6) is 0 Å². The molecule has 3 aliphatic rings. The van der Waals surface area contributed by atoms with E-state index >= 15 is 0 Å². The van der Waals surface area contributed by atoms with Crippen molar-refractivity contribution in [2.45, 2.75) is 66.2 Å². The van der Waals surface area contributed by atoms with Gasteiger partial charge >= 0.3 is 5.97 Å². The number of rotatable bonds is 3. The average Bonchev–Trinajstić information content (AvgIpc) is 2.58. The van der Waals surface area contributed by atoms with Gasteiger partial charge in [0.25, 0.3) is 0 Å². The Morgan fingerprint density at radius 1 is 1.40 bits per heavy atom. The number of allylic oxidation sites excluding steroid dienone is 4. The van der Waals surface area contributed by atoms with Crippen LogP contribution in [0.15, 0.2) is 23.3 Å². The van der Waals surface area contributed by atoms with Crippen LogP contribution in [0, 0.1) is 40.9 Å². The fraction of sp³-hybridized carbons (Fsp3) is 0.696. The number of fused-ring (bicyclic) bond motifs is 3. The van der Waals surface area contributed by atoms with Crippen molar-refractivity contribution in [3.8, 4) is 12.3 Å². The van der Waals surface area contributed by atoms with Crippen molar-refractivity contribution < 1.29 is 9.53 Å². The second-order valence-corrected chi connectivity index (χ2v) is 9.01. The molecule has 0 N–H and O–H groups in total. The third-order valence-electron chi connectivity index (χ3n) is 7.33. The molecule has 4 unspecified atom stereocenters. The minimum Gasteiger partial charge on any atom is -0.452 e. The lowest BCUT2D eigenvalue weighted by atomic mass is 9.47. The summed E-state index contributed by atoms with van der Waals surface area (Å²) in [5, 5.41) is 0. The normalized spacial score (nSPS) is 37.3. The first-order chi connectivity index (χ1) is 11.8. The highest BCUT2D eigenvalue weighted by Crippen LogP contribution is 2.62. The van der Waals surface area contributed by atoms with Gasteiger partial charge in [-0.25, -0.2) is 0 Å². The Labute approximate surface area is 153 Å². The fourth-order valence-electron chi connectivity index (χ4n) is 5.86. The van der Waals surface area contributed by atoms with Gasteiger partial charge in [0, 0.05) is 0 Å². The maximum atomic E-state index is 12.8. The van der Waals surface area contributed by atoms with E-state index in [1.807, 2.05) is 0 Å². The monoisotopic (exact) mass is 340 g/mol. The lowest BCUT2D eigenvalue weighted by Gasteiger charge is -2.57. The van der Waals surface area contributed by atoms with E-state index in [-0.39, 0.29) is 18.0 Å². The maximum Gasteiger partial charge on any atom is 0.313 e. The summed E-state index contributed by atoms with van der Waals surface area (Å²) in [5.74, 6) is 3.90. The first kappa shape index (κ1) is 18.3. The minimum absolute atomic E-state index is 0.0862. The van der Waals surface area contributed by atoms with Crippen LogP contribution < -0.4 is 0 Å². The van der Waals surface area contributed by atoms with Crippen molar-refractivity contribution in [3.05, 3.63) is 23.3 Å². The molecule has 0 amide bonds. The molecule has 3 aliphatic carbocycles. The molecule has 2 heteroatoms. The van der Waals surface area contributed by atoms with Gasteiger partial charge in [-0.05, 0) is 67.8 Å². The predicted molar refractivity (Wildman–Crippen MR) is 102 cm³/mol. The Balaban J connectivity index is 1.93. The van der Waals surface area contributed by atoms with Crippen molar-refractivity contribution in [3.63, 3.8) is 0 Å². The van der Waals surface area contributed by atoms with Crippen molar-refractivity contribution in [1.82, 2.24) is 0 Å². The molecule has 0 aromatic carbocycles. The largest absolute Gasteiger partial charge is 0.452 e. The number of hydrogen-bond acceptors (Lipinski definition) is 2. The van der Waals surface area contributed by atoms with Crippen LogP contribution in [0.3, 0.4) is 0 Å². The van der Waals surface area contributed by atoms with Gasteiger partial charge in [0.15, 0.2) is 6.61 Å². The summed E-state index contributed by atoms with van der Waals surface area (Å²) in [7, 11) is 0. The Morgan fingerprint density at radius 2 is 2.16 bits per heavy atom. The highest BCUT2D eigenvalue weighted by molar-refractivity contribution is 5.77. The molecule has 25 heavy (non-hydrogen) atoms. The molecule has 1 fully saturated rings. The summed E-state index contributed by atoms with van der Waals surface area (Å²) in [4.78, 5) is 12.8. The summed E-state index contributed by atoms with van der Waals surface area (Å²) in [6.07, 6.45) is 16.8. The molecule has 0 aromatic rings. The van der Waals surface area contributed by atoms with Crippen LogP contribution in [0.1, 0.15) is 66.2 Å². The van der Waals surface area contributed by atoms with Crippen LogP contribution in [0.4, 0.5) is 0 Å². The molecule has 0 bridgehead atoms. The SMILES string of the molecule is C#CCOC(=O)C1(C)CCCC2(C)C3CCC(C(C)C)=CC3=CCC12. The summed E-state index contributed by atoms with van der Waals surface area (Å²) in [6, 6.07) is 0. The summed E-state index contributed by atoms with van der Waals surface area (Å²) in [6.45, 7) is 9.21. The number of ether oxygens (including phenoxy) is 1.